The van der Waals surface area contributed by atoms with Crippen LogP contribution in [0, 0.1) is 0 Å². The molecule has 0 aliphatic rings. The molecular weight excluding hydrogens is 330 g/mol. The zero-order valence-corrected chi connectivity index (χ0v) is 14.3. The molecule has 1 aromatic heterocycles. The number of ether oxygens (including phenoxy) is 1. The van der Waals surface area contributed by atoms with Crippen LogP contribution in [0.5, 0.6) is 0 Å². The van der Waals surface area contributed by atoms with E-state index in [4.69, 9.17) is 4.74 Å². The highest BCUT2D eigenvalue weighted by molar-refractivity contribution is 5.89. The molecule has 0 aliphatic carbocycles. The molecule has 3 rings (SSSR count). The third kappa shape index (κ3) is 4.76. The van der Waals surface area contributed by atoms with Crippen molar-refractivity contribution in [1.29, 1.82) is 0 Å². The summed E-state index contributed by atoms with van der Waals surface area (Å²) in [7, 11) is 0. The van der Waals surface area contributed by atoms with Gasteiger partial charge in [0.25, 0.3) is 0 Å². The number of anilines is 3. The minimum atomic E-state index is -0.343. The van der Waals surface area contributed by atoms with E-state index in [2.05, 4.69) is 25.8 Å². The first-order valence-corrected chi connectivity index (χ1v) is 8.26. The van der Waals surface area contributed by atoms with Crippen molar-refractivity contribution < 1.29 is 9.53 Å². The number of carbonyl (C=O) groups excluding carboxylic acids is 1. The average molecular weight is 349 g/mol. The fourth-order valence-electron chi connectivity index (χ4n) is 2.26. The van der Waals surface area contributed by atoms with Crippen molar-refractivity contribution in [3.8, 4) is 0 Å². The SMILES string of the molecule is CCOC(=O)c1ccc(Nc2nncc(NCc3ccccc3)n2)cc1. The Morgan fingerprint density at radius 3 is 2.58 bits per heavy atom. The molecule has 7 heteroatoms. The van der Waals surface area contributed by atoms with E-state index in [0.717, 1.165) is 11.3 Å². The van der Waals surface area contributed by atoms with Crippen LogP contribution in [0.4, 0.5) is 17.5 Å². The highest BCUT2D eigenvalue weighted by Crippen LogP contribution is 2.15. The number of carbonyl (C=O) groups is 1. The van der Waals surface area contributed by atoms with Gasteiger partial charge in [0, 0.05) is 12.2 Å². The van der Waals surface area contributed by atoms with Crippen LogP contribution < -0.4 is 10.6 Å². The molecule has 0 spiro atoms. The summed E-state index contributed by atoms with van der Waals surface area (Å²) in [6, 6.07) is 16.9. The second kappa shape index (κ2) is 8.57. The topological polar surface area (TPSA) is 89.0 Å². The van der Waals surface area contributed by atoms with Gasteiger partial charge >= 0.3 is 5.97 Å². The number of rotatable bonds is 7. The lowest BCUT2D eigenvalue weighted by Crippen LogP contribution is -2.06. The number of nitrogens with zero attached hydrogens (tertiary/aromatic N) is 3. The van der Waals surface area contributed by atoms with E-state index in [1.54, 1.807) is 37.4 Å². The molecule has 0 amide bonds. The second-order valence-electron chi connectivity index (χ2n) is 5.43. The van der Waals surface area contributed by atoms with Gasteiger partial charge in [-0.05, 0) is 36.8 Å². The Hall–Kier alpha value is -3.48. The Morgan fingerprint density at radius 2 is 1.85 bits per heavy atom. The van der Waals surface area contributed by atoms with Crippen molar-refractivity contribution in [2.45, 2.75) is 13.5 Å². The molecule has 0 saturated heterocycles. The minimum absolute atomic E-state index is 0.343. The lowest BCUT2D eigenvalue weighted by molar-refractivity contribution is 0.0526. The van der Waals surface area contributed by atoms with E-state index < -0.39 is 0 Å². The molecular formula is C19H19N5O2. The molecule has 7 nitrogen and oxygen atoms in total. The van der Waals surface area contributed by atoms with Gasteiger partial charge in [0.15, 0.2) is 5.82 Å². The molecule has 0 fully saturated rings. The highest BCUT2D eigenvalue weighted by atomic mass is 16.5. The molecule has 132 valence electrons. The maximum absolute atomic E-state index is 11.7. The Balaban J connectivity index is 1.62. The quantitative estimate of drug-likeness (QED) is 0.632. The minimum Gasteiger partial charge on any atom is -0.462 e. The first-order chi connectivity index (χ1) is 12.7. The number of nitrogens with one attached hydrogen (secondary N) is 2. The largest absolute Gasteiger partial charge is 0.462 e. The summed E-state index contributed by atoms with van der Waals surface area (Å²) in [6.45, 7) is 2.77. The van der Waals surface area contributed by atoms with E-state index in [-0.39, 0.29) is 5.97 Å². The molecule has 3 aromatic rings. The zero-order valence-electron chi connectivity index (χ0n) is 14.3. The van der Waals surface area contributed by atoms with Gasteiger partial charge in [0.05, 0.1) is 18.4 Å². The monoisotopic (exact) mass is 349 g/mol. The zero-order chi connectivity index (χ0) is 18.2. The van der Waals surface area contributed by atoms with Crippen LogP contribution in [0.1, 0.15) is 22.8 Å². The van der Waals surface area contributed by atoms with Gasteiger partial charge in [-0.3, -0.25) is 0 Å². The van der Waals surface area contributed by atoms with E-state index in [9.17, 15) is 4.79 Å². The van der Waals surface area contributed by atoms with E-state index in [1.807, 2.05) is 30.3 Å². The van der Waals surface area contributed by atoms with Crippen LogP contribution in [0.15, 0.2) is 60.8 Å². The van der Waals surface area contributed by atoms with Gasteiger partial charge in [0.2, 0.25) is 5.95 Å². The number of esters is 1. The predicted octanol–water partition coefficient (Wildman–Crippen LogP) is 3.40. The number of aromatic nitrogens is 3. The van der Waals surface area contributed by atoms with Crippen molar-refractivity contribution in [3.05, 3.63) is 71.9 Å². The summed E-state index contributed by atoms with van der Waals surface area (Å²) in [5.41, 5.74) is 2.39. The van der Waals surface area contributed by atoms with Crippen molar-refractivity contribution in [3.63, 3.8) is 0 Å². The molecule has 2 N–H and O–H groups in total. The summed E-state index contributed by atoms with van der Waals surface area (Å²) < 4.78 is 4.96. The standard InChI is InChI=1S/C19H19N5O2/c1-2-26-18(25)15-8-10-16(11-9-15)22-19-23-17(13-21-24-19)20-12-14-6-4-3-5-7-14/h3-11,13H,2,12H2,1H3,(H2,20,22,23,24). The van der Waals surface area contributed by atoms with Crippen LogP contribution >= 0.6 is 0 Å². The fraction of sp³-hybridized carbons (Fsp3) is 0.158. The normalized spacial score (nSPS) is 10.2. The van der Waals surface area contributed by atoms with Gasteiger partial charge in [0.1, 0.15) is 0 Å². The predicted molar refractivity (Wildman–Crippen MR) is 99.3 cm³/mol. The van der Waals surface area contributed by atoms with E-state index >= 15 is 0 Å². The number of hydrogen-bond donors (Lipinski definition) is 2. The maximum Gasteiger partial charge on any atom is 0.338 e. The Bertz CT molecular complexity index is 853. The van der Waals surface area contributed by atoms with Crippen LogP contribution in [0.25, 0.3) is 0 Å². The molecule has 26 heavy (non-hydrogen) atoms. The third-order valence-corrected chi connectivity index (χ3v) is 3.53. The van der Waals surface area contributed by atoms with E-state index in [1.165, 1.54) is 0 Å². The molecule has 0 bridgehead atoms. The van der Waals surface area contributed by atoms with Crippen molar-refractivity contribution >= 4 is 23.4 Å². The van der Waals surface area contributed by atoms with Crippen LogP contribution in [0.2, 0.25) is 0 Å². The van der Waals surface area contributed by atoms with Crippen LogP contribution in [-0.4, -0.2) is 27.8 Å². The third-order valence-electron chi connectivity index (χ3n) is 3.53. The summed E-state index contributed by atoms with van der Waals surface area (Å²) >= 11 is 0. The first-order valence-electron chi connectivity index (χ1n) is 8.26. The van der Waals surface area contributed by atoms with Gasteiger partial charge in [-0.25, -0.2) is 4.79 Å². The van der Waals surface area contributed by atoms with E-state index in [0.29, 0.717) is 30.5 Å². The number of hydrogen-bond acceptors (Lipinski definition) is 7. The maximum atomic E-state index is 11.7. The molecule has 1 heterocycles. The van der Waals surface area contributed by atoms with Crippen molar-refractivity contribution in [2.24, 2.45) is 0 Å². The smallest absolute Gasteiger partial charge is 0.338 e. The molecule has 0 aliphatic heterocycles. The van der Waals surface area contributed by atoms with Crippen LogP contribution in [0.3, 0.4) is 0 Å². The Kier molecular flexibility index (Phi) is 5.72. The van der Waals surface area contributed by atoms with Crippen molar-refractivity contribution in [1.82, 2.24) is 15.2 Å². The fourth-order valence-corrected chi connectivity index (χ4v) is 2.26. The molecule has 0 unspecified atom stereocenters. The van der Waals surface area contributed by atoms with Gasteiger partial charge in [-0.2, -0.15) is 10.1 Å². The lowest BCUT2D eigenvalue weighted by Gasteiger charge is -2.08. The first kappa shape index (κ1) is 17.3. The summed E-state index contributed by atoms with van der Waals surface area (Å²) in [6.07, 6.45) is 1.57. The highest BCUT2D eigenvalue weighted by Gasteiger charge is 2.06. The summed E-state index contributed by atoms with van der Waals surface area (Å²) in [5, 5.41) is 14.2. The average Bonchev–Trinajstić information content (AvgIpc) is 2.68. The summed E-state index contributed by atoms with van der Waals surface area (Å²) in [4.78, 5) is 16.0. The molecule has 0 saturated carbocycles. The molecule has 0 radical (unpaired) electrons. The van der Waals surface area contributed by atoms with Gasteiger partial charge in [-0.15, -0.1) is 5.10 Å². The van der Waals surface area contributed by atoms with Crippen molar-refractivity contribution in [2.75, 3.05) is 17.2 Å². The second-order valence-corrected chi connectivity index (χ2v) is 5.43. The number of benzene rings is 2. The van der Waals surface area contributed by atoms with Gasteiger partial charge < -0.3 is 15.4 Å². The van der Waals surface area contributed by atoms with Gasteiger partial charge in [-0.1, -0.05) is 30.3 Å². The van der Waals surface area contributed by atoms with Crippen LogP contribution in [-0.2, 0) is 11.3 Å². The Morgan fingerprint density at radius 1 is 1.08 bits per heavy atom. The molecule has 0 atom stereocenters. The molecule has 2 aromatic carbocycles. The Labute approximate surface area is 151 Å². The lowest BCUT2D eigenvalue weighted by atomic mass is 10.2. The summed E-state index contributed by atoms with van der Waals surface area (Å²) in [5.74, 6) is 0.644.